The van der Waals surface area contributed by atoms with E-state index in [0.29, 0.717) is 69.0 Å². The summed E-state index contributed by atoms with van der Waals surface area (Å²) in [6, 6.07) is 21.7. The Balaban J connectivity index is -0.00000154. The zero-order valence-electron chi connectivity index (χ0n) is 97.0. The highest BCUT2D eigenvalue weighted by atomic mass is 16.7. The number of carbonyl (C=O) groups excluding carboxylic acids is 7. The molecule has 5 fully saturated rings. The van der Waals surface area contributed by atoms with Crippen molar-refractivity contribution < 1.29 is 101 Å². The molecule has 8 rings (SSSR count). The summed E-state index contributed by atoms with van der Waals surface area (Å²) in [5, 5.41) is 18.9. The van der Waals surface area contributed by atoms with Crippen molar-refractivity contribution in [3.05, 3.63) is 96.1 Å². The summed E-state index contributed by atoms with van der Waals surface area (Å²) < 4.78 is 61.3. The molecule has 0 spiro atoms. The minimum Gasteiger partial charge on any atom is -0.463 e. The first-order chi connectivity index (χ1) is 68.7. The van der Waals surface area contributed by atoms with E-state index in [4.69, 9.17) is 52.1 Å². The van der Waals surface area contributed by atoms with E-state index in [9.17, 15) is 43.8 Å². The number of aryl methyl sites for hydroxylation is 3. The maximum Gasteiger partial charge on any atom is 0.409 e. The summed E-state index contributed by atoms with van der Waals surface area (Å²) in [6.07, 6.45) is 35.1. The molecule has 1 unspecified atom stereocenters. The predicted octanol–water partition coefficient (Wildman–Crippen LogP) is 23.0. The van der Waals surface area contributed by atoms with Gasteiger partial charge in [0.1, 0.15) is 6.79 Å². The minimum absolute atomic E-state index is 0.00535. The first-order valence-corrected chi connectivity index (χ1v) is 55.5. The Hall–Kier alpha value is -7.03. The van der Waals surface area contributed by atoms with Crippen LogP contribution in [0.25, 0.3) is 0 Å². The van der Waals surface area contributed by atoms with Gasteiger partial charge in [-0.3, -0.25) is 33.9 Å². The fraction of sp³-hybridized carbons (Fsp3) is 0.802. The number of methoxy groups -OCH3 is 1. The van der Waals surface area contributed by atoms with Crippen LogP contribution in [0.15, 0.2) is 79.1 Å². The number of amides is 2. The number of aromatic nitrogens is 2. The molecule has 2 aromatic heterocycles. The monoisotopic (exact) mass is 2060 g/mol. The van der Waals surface area contributed by atoms with Crippen LogP contribution in [0.2, 0.25) is 0 Å². The first kappa shape index (κ1) is 142. The summed E-state index contributed by atoms with van der Waals surface area (Å²) >= 11 is 0. The molecule has 6 heterocycles. The molecule has 2 amide bonds. The lowest BCUT2D eigenvalue weighted by Crippen LogP contribution is -2.40. The summed E-state index contributed by atoms with van der Waals surface area (Å²) in [6.45, 7) is 69.3. The molecule has 1 saturated carbocycles. The van der Waals surface area contributed by atoms with Crippen LogP contribution in [0.1, 0.15) is 377 Å². The number of piperidine rings is 4. The molecule has 844 valence electrons. The average molecular weight is 2060 g/mol. The maximum atomic E-state index is 11.3. The number of hydrogen-bond acceptors (Lipinski definition) is 27. The molecule has 3 aromatic rings. The van der Waals surface area contributed by atoms with Gasteiger partial charge < -0.3 is 96.5 Å². The third kappa shape index (κ3) is 100.0. The number of benzene rings is 1. The van der Waals surface area contributed by atoms with E-state index < -0.39 is 0 Å². The van der Waals surface area contributed by atoms with Gasteiger partial charge in [-0.15, -0.1) is 0 Å². The van der Waals surface area contributed by atoms with Crippen LogP contribution in [0.3, 0.4) is 0 Å². The minimum atomic E-state index is -0.224. The third-order valence-corrected chi connectivity index (χ3v) is 22.0. The van der Waals surface area contributed by atoms with Crippen LogP contribution in [-0.4, -0.2) is 310 Å². The Bertz CT molecular complexity index is 3370. The van der Waals surface area contributed by atoms with E-state index in [1.54, 1.807) is 43.4 Å². The van der Waals surface area contributed by atoms with Gasteiger partial charge in [0, 0.05) is 149 Å². The average Bonchev–Trinajstić information content (AvgIpc) is 1.79. The molecule has 29 nitrogen and oxygen atoms in total. The lowest BCUT2D eigenvalue weighted by atomic mass is 9.84. The second kappa shape index (κ2) is 93.0. The van der Waals surface area contributed by atoms with E-state index in [1.165, 1.54) is 96.1 Å². The Morgan fingerprint density at radius 3 is 1.08 bits per heavy atom. The van der Waals surface area contributed by atoms with Gasteiger partial charge in [0.05, 0.1) is 85.8 Å². The van der Waals surface area contributed by atoms with Crippen LogP contribution in [0.5, 0.6) is 0 Å². The smallest absolute Gasteiger partial charge is 0.409 e. The molecule has 2 atom stereocenters. The van der Waals surface area contributed by atoms with Gasteiger partial charge in [-0.2, -0.15) is 0 Å². The van der Waals surface area contributed by atoms with E-state index in [1.807, 2.05) is 165 Å². The van der Waals surface area contributed by atoms with Crippen LogP contribution in [0.4, 0.5) is 9.59 Å². The fourth-order valence-electron chi connectivity index (χ4n) is 14.8. The lowest BCUT2D eigenvalue weighted by molar-refractivity contribution is -0.148. The van der Waals surface area contributed by atoms with Gasteiger partial charge >= 0.3 is 42.0 Å². The first-order valence-electron chi connectivity index (χ1n) is 55.5. The molecule has 145 heavy (non-hydrogen) atoms. The van der Waals surface area contributed by atoms with Gasteiger partial charge in [0.15, 0.2) is 0 Å². The molecule has 1 aromatic carbocycles. The van der Waals surface area contributed by atoms with Gasteiger partial charge in [0.2, 0.25) is 0 Å². The number of rotatable bonds is 50. The highest BCUT2D eigenvalue weighted by Crippen LogP contribution is 2.34. The van der Waals surface area contributed by atoms with Gasteiger partial charge in [-0.1, -0.05) is 102 Å². The zero-order chi connectivity index (χ0) is 110. The largest absolute Gasteiger partial charge is 0.463 e. The van der Waals surface area contributed by atoms with Gasteiger partial charge in [-0.25, -0.2) is 9.59 Å². The molecule has 1 aliphatic carbocycles. The van der Waals surface area contributed by atoms with Crippen molar-refractivity contribution >= 4 is 42.0 Å². The predicted molar refractivity (Wildman–Crippen MR) is 588 cm³/mol. The molecule has 5 aliphatic rings. The number of ether oxygens (including phenoxy) is 12. The molecule has 4 saturated heterocycles. The van der Waals surface area contributed by atoms with Crippen molar-refractivity contribution in [3.63, 3.8) is 0 Å². The molecule has 2 N–H and O–H groups in total. The highest BCUT2D eigenvalue weighted by Gasteiger charge is 2.27. The van der Waals surface area contributed by atoms with Crippen molar-refractivity contribution in [2.75, 3.05) is 139 Å². The molecule has 29 heteroatoms. The van der Waals surface area contributed by atoms with Crippen LogP contribution in [-0.2, 0) is 100 Å². The number of carbonyl (C=O) groups is 7. The van der Waals surface area contributed by atoms with E-state index >= 15 is 0 Å². The number of esters is 5. The van der Waals surface area contributed by atoms with Crippen LogP contribution in [0, 0.1) is 11.3 Å². The van der Waals surface area contributed by atoms with Crippen molar-refractivity contribution in [1.82, 2.24) is 39.4 Å². The quantitative estimate of drug-likeness (QED) is 0.0229. The molecule has 0 radical (unpaired) electrons. The normalized spacial score (nSPS) is 15.5. The van der Waals surface area contributed by atoms with Crippen molar-refractivity contribution in [1.29, 1.82) is 0 Å². The van der Waals surface area contributed by atoms with Crippen molar-refractivity contribution in [2.45, 2.75) is 458 Å². The second-order valence-electron chi connectivity index (χ2n) is 42.0. The Kier molecular flexibility index (Phi) is 91.2. The van der Waals surface area contributed by atoms with Gasteiger partial charge in [0.25, 0.3) is 0 Å². The van der Waals surface area contributed by atoms with E-state index in [2.05, 4.69) is 116 Å². The summed E-state index contributed by atoms with van der Waals surface area (Å²) in [4.78, 5) is 99.5. The van der Waals surface area contributed by atoms with Crippen molar-refractivity contribution in [2.24, 2.45) is 11.3 Å². The van der Waals surface area contributed by atoms with Gasteiger partial charge in [-0.05, 0) is 361 Å². The number of pyridine rings is 2. The van der Waals surface area contributed by atoms with Crippen molar-refractivity contribution in [3.8, 4) is 0 Å². The standard InChI is InChI=1S/C13H27NO.C13H18O2.C12H17NO2.C12H23NO2.2C11H23NO2.C11H15NO2.C10H18O2.2C9H19NO2.C5H12O2/c1-12(2)15-10-6-9-14-8-5-7-13(3,4)11-14;1-11(2)15-13(14)10-6-9-12-7-4-3-5-8-12;1-10(2)15-12(14)8-5-7-11-6-3-4-9-13-11;1-11(2)15-12(14)7-6-10-13-8-4-3-5-9-13;2*1-10(2)14-8-4-7-12-6-3-5-11(13)9-12;1-9(2)14-11(13)7-6-10-5-3-4-8-12-10;1-8(2)12-10(11)5-3-4-9-6-7-9;2*1-5-6-7-10(4)9(11)12-8(2)3;1-5(2)7-4-6-3/h12H,5-11H2,1-4H3;3-5,7-8,11H,6,9-10H2,1-2H3;3-4,6,9-10H,5,7-8H2,1-2H3;11H,3-10H2,1-2H3;2*10-11,13H,3-9H2,1-2H3;3-5,8-9H,6-7H2,1-2H3;8-9H,3-7H2,1-2H3;2*8H,5-7H2,1-4H3;5H,4H2,1-3H3/t;;;;11-;;;;;;/m....0....../s1. The topological polar surface area (TPSA) is 316 Å². The number of aliphatic hydroxyl groups is 2. The lowest BCUT2D eigenvalue weighted by Gasteiger charge is -2.38. The third-order valence-electron chi connectivity index (χ3n) is 22.0. The number of β-amino-alcohol motifs (C(OH)–C–C–N with tert-alkyl or cyclic N) is 2. The van der Waals surface area contributed by atoms with E-state index in [0.717, 1.165) is 199 Å². The summed E-state index contributed by atoms with van der Waals surface area (Å²) in [5.74, 6) is 0.456. The Morgan fingerprint density at radius 2 is 0.724 bits per heavy atom. The van der Waals surface area contributed by atoms with Crippen LogP contribution < -0.4 is 0 Å². The number of aliphatic hydroxyl groups excluding tert-OH is 2. The number of hydrogen-bond donors (Lipinski definition) is 2. The molecular formula is C116H214N8O21. The molecule has 4 aliphatic heterocycles. The summed E-state index contributed by atoms with van der Waals surface area (Å²) in [5.41, 5.74) is 3.75. The second-order valence-corrected chi connectivity index (χ2v) is 42.0. The number of likely N-dealkylation sites (tertiary alicyclic amines) is 4. The fourth-order valence-corrected chi connectivity index (χ4v) is 14.8. The highest BCUT2D eigenvalue weighted by molar-refractivity contribution is 5.71. The summed E-state index contributed by atoms with van der Waals surface area (Å²) in [7, 11) is 5.14. The number of nitrogens with zero attached hydrogens (tertiary/aromatic N) is 8. The number of unbranched alkanes of at least 4 members (excludes halogenated alkanes) is 2. The Labute approximate surface area is 882 Å². The molecule has 0 bridgehead atoms. The SMILES string of the molecule is CC(C)OC(=O)CCCC1CC1.CC(C)OC(=O)CCCN1CCCCC1.CC(C)OC(=O)CCCc1ccccc1.CC(C)OC(=O)CCCc1ccccn1.CC(C)OC(=O)CCc1ccccn1.CC(C)OCCCN1CCCC(C)(C)C1.CC(C)OCCCN1CCCC(O)C1.CC(C)OCCCN1CCC[C@H](O)C1.CCCCN(C)C(=O)OC(C)C.CCCCN(C)C(=O)OC(C)C.COCOC(C)C. The zero-order valence-corrected chi connectivity index (χ0v) is 97.0. The van der Waals surface area contributed by atoms with Crippen LogP contribution >= 0.6 is 0 Å². The maximum absolute atomic E-state index is 11.3. The van der Waals surface area contributed by atoms with E-state index in [-0.39, 0.29) is 103 Å². The Morgan fingerprint density at radius 1 is 0.372 bits per heavy atom. The molecular weight excluding hydrogens is 1840 g/mol.